The average Bonchev–Trinajstić information content (AvgIpc) is 2.05. The van der Waals surface area contributed by atoms with E-state index in [9.17, 15) is 10.1 Å². The molecule has 0 aromatic carbocycles. The Balaban J connectivity index is 2.48. The molecule has 1 N–H and O–H groups in total. The first kappa shape index (κ1) is 9.80. The lowest BCUT2D eigenvalue weighted by Crippen LogP contribution is -2.35. The van der Waals surface area contributed by atoms with Gasteiger partial charge in [-0.1, -0.05) is 18.4 Å². The summed E-state index contributed by atoms with van der Waals surface area (Å²) < 4.78 is 2.93. The minimum Gasteiger partial charge on any atom is -0.267 e. The predicted octanol–water partition coefficient (Wildman–Crippen LogP) is 1.44. The van der Waals surface area contributed by atoms with Crippen LogP contribution in [0.2, 0.25) is 0 Å². The van der Waals surface area contributed by atoms with Gasteiger partial charge in [0.05, 0.1) is 5.25 Å². The molecule has 4 nitrogen and oxygen atoms in total. The van der Waals surface area contributed by atoms with Gasteiger partial charge < -0.3 is 0 Å². The Bertz CT molecular complexity index is 163. The van der Waals surface area contributed by atoms with E-state index < -0.39 is 0 Å². The van der Waals surface area contributed by atoms with Gasteiger partial charge in [0.25, 0.3) is 0 Å². The van der Waals surface area contributed by atoms with Gasteiger partial charge in [0.1, 0.15) is 0 Å². The first-order chi connectivity index (χ1) is 5.75. The van der Waals surface area contributed by atoms with Crippen molar-refractivity contribution in [1.82, 2.24) is 4.72 Å². The normalized spacial score (nSPS) is 30.1. The van der Waals surface area contributed by atoms with E-state index in [-0.39, 0.29) is 16.2 Å². The van der Waals surface area contributed by atoms with Crippen LogP contribution in [0.5, 0.6) is 0 Å². The Hall–Kier alpha value is -0.290. The molecule has 1 aliphatic rings. The van der Waals surface area contributed by atoms with Gasteiger partial charge in [0, 0.05) is 11.3 Å². The van der Waals surface area contributed by atoms with Gasteiger partial charge in [0.2, 0.25) is 6.04 Å². The molecule has 0 bridgehead atoms. The standard InChI is InChI=1S/C7H14N2O2S/c1-8-12-7-5-3-2-4-6(7)9(10)11/h6-8H,2-5H2,1H3. The van der Waals surface area contributed by atoms with E-state index in [0.29, 0.717) is 0 Å². The second kappa shape index (κ2) is 4.67. The fourth-order valence-corrected chi connectivity index (χ4v) is 2.59. The molecule has 0 radical (unpaired) electrons. The molecule has 1 saturated carbocycles. The van der Waals surface area contributed by atoms with Crippen molar-refractivity contribution in [3.05, 3.63) is 10.1 Å². The van der Waals surface area contributed by atoms with Crippen molar-refractivity contribution in [1.29, 1.82) is 0 Å². The number of nitrogens with zero attached hydrogens (tertiary/aromatic N) is 1. The molecule has 1 fully saturated rings. The fraction of sp³-hybridized carbons (Fsp3) is 1.00. The van der Waals surface area contributed by atoms with Gasteiger partial charge in [-0.3, -0.25) is 14.8 Å². The van der Waals surface area contributed by atoms with Crippen molar-refractivity contribution in [2.75, 3.05) is 7.05 Å². The second-order valence-corrected chi connectivity index (χ2v) is 4.25. The zero-order chi connectivity index (χ0) is 8.97. The van der Waals surface area contributed by atoms with Crippen LogP contribution in [0.3, 0.4) is 0 Å². The lowest BCUT2D eigenvalue weighted by Gasteiger charge is -2.23. The highest BCUT2D eigenvalue weighted by Crippen LogP contribution is 2.28. The molecule has 0 aliphatic heterocycles. The molecule has 0 aromatic rings. The first-order valence-electron chi connectivity index (χ1n) is 4.21. The van der Waals surface area contributed by atoms with E-state index in [1.54, 1.807) is 0 Å². The number of hydrogen-bond acceptors (Lipinski definition) is 4. The van der Waals surface area contributed by atoms with E-state index >= 15 is 0 Å². The fourth-order valence-electron chi connectivity index (χ4n) is 1.61. The molecular formula is C7H14N2O2S. The van der Waals surface area contributed by atoms with Crippen molar-refractivity contribution in [3.8, 4) is 0 Å². The molecule has 0 amide bonds. The summed E-state index contributed by atoms with van der Waals surface area (Å²) in [5.41, 5.74) is 0. The summed E-state index contributed by atoms with van der Waals surface area (Å²) in [6.45, 7) is 0. The third kappa shape index (κ3) is 2.35. The largest absolute Gasteiger partial charge is 0.267 e. The van der Waals surface area contributed by atoms with Gasteiger partial charge in [-0.05, 0) is 19.9 Å². The van der Waals surface area contributed by atoms with Crippen molar-refractivity contribution in [2.24, 2.45) is 0 Å². The Morgan fingerprint density at radius 1 is 1.50 bits per heavy atom. The Kier molecular flexibility index (Phi) is 3.81. The zero-order valence-corrected chi connectivity index (χ0v) is 7.97. The summed E-state index contributed by atoms with van der Waals surface area (Å²) in [4.78, 5) is 10.5. The summed E-state index contributed by atoms with van der Waals surface area (Å²) >= 11 is 1.50. The van der Waals surface area contributed by atoms with Crippen LogP contribution in [0.25, 0.3) is 0 Å². The lowest BCUT2D eigenvalue weighted by molar-refractivity contribution is -0.524. The van der Waals surface area contributed by atoms with Gasteiger partial charge in [-0.25, -0.2) is 0 Å². The summed E-state index contributed by atoms with van der Waals surface area (Å²) in [6, 6.07) is -0.337. The zero-order valence-electron chi connectivity index (χ0n) is 7.16. The van der Waals surface area contributed by atoms with E-state index in [1.165, 1.54) is 11.9 Å². The van der Waals surface area contributed by atoms with Gasteiger partial charge >= 0.3 is 0 Å². The third-order valence-electron chi connectivity index (χ3n) is 2.21. The number of nitrogens with one attached hydrogen (secondary N) is 1. The Morgan fingerprint density at radius 2 is 2.17 bits per heavy atom. The topological polar surface area (TPSA) is 55.2 Å². The second-order valence-electron chi connectivity index (χ2n) is 3.00. The maximum Gasteiger partial charge on any atom is 0.226 e. The average molecular weight is 190 g/mol. The minimum absolute atomic E-state index is 0.131. The van der Waals surface area contributed by atoms with Crippen molar-refractivity contribution < 1.29 is 4.92 Å². The number of rotatable bonds is 3. The molecule has 12 heavy (non-hydrogen) atoms. The summed E-state index contributed by atoms with van der Waals surface area (Å²) in [7, 11) is 1.82. The van der Waals surface area contributed by atoms with Crippen molar-refractivity contribution >= 4 is 11.9 Å². The van der Waals surface area contributed by atoms with Crippen LogP contribution in [-0.4, -0.2) is 23.3 Å². The highest BCUT2D eigenvalue weighted by molar-refractivity contribution is 7.98. The quantitative estimate of drug-likeness (QED) is 0.415. The highest BCUT2D eigenvalue weighted by Gasteiger charge is 2.34. The summed E-state index contributed by atoms with van der Waals surface area (Å²) in [6.07, 6.45) is 3.85. The van der Waals surface area contributed by atoms with Crippen LogP contribution in [0.4, 0.5) is 0 Å². The SMILES string of the molecule is CNSC1CCCCC1[N+](=O)[O-]. The smallest absolute Gasteiger partial charge is 0.226 e. The third-order valence-corrected chi connectivity index (χ3v) is 3.30. The molecule has 1 aliphatic carbocycles. The molecule has 0 heterocycles. The highest BCUT2D eigenvalue weighted by atomic mass is 32.2. The maximum absolute atomic E-state index is 10.6. The van der Waals surface area contributed by atoms with Crippen LogP contribution in [0, 0.1) is 10.1 Å². The van der Waals surface area contributed by atoms with E-state index in [4.69, 9.17) is 0 Å². The lowest BCUT2D eigenvalue weighted by atomic mass is 9.95. The molecule has 0 spiro atoms. The molecule has 2 atom stereocenters. The Labute approximate surface area is 76.4 Å². The van der Waals surface area contributed by atoms with Crippen LogP contribution in [0.1, 0.15) is 25.7 Å². The molecular weight excluding hydrogens is 176 g/mol. The molecule has 70 valence electrons. The predicted molar refractivity (Wildman–Crippen MR) is 49.7 cm³/mol. The van der Waals surface area contributed by atoms with E-state index in [1.807, 2.05) is 7.05 Å². The molecule has 1 rings (SSSR count). The molecule has 5 heteroatoms. The molecule has 0 aromatic heterocycles. The maximum atomic E-state index is 10.6. The van der Waals surface area contributed by atoms with E-state index in [2.05, 4.69) is 4.72 Å². The monoisotopic (exact) mass is 190 g/mol. The molecule has 2 unspecified atom stereocenters. The molecule has 0 saturated heterocycles. The Morgan fingerprint density at radius 3 is 2.75 bits per heavy atom. The summed E-state index contributed by atoms with van der Waals surface area (Å²) in [5, 5.41) is 10.8. The van der Waals surface area contributed by atoms with E-state index in [0.717, 1.165) is 25.7 Å². The van der Waals surface area contributed by atoms with Crippen molar-refractivity contribution in [2.45, 2.75) is 37.0 Å². The van der Waals surface area contributed by atoms with Crippen LogP contribution in [0.15, 0.2) is 0 Å². The number of hydrogen-bond donors (Lipinski definition) is 1. The van der Waals surface area contributed by atoms with Gasteiger partial charge in [-0.15, -0.1) is 0 Å². The van der Waals surface area contributed by atoms with Crippen molar-refractivity contribution in [3.63, 3.8) is 0 Å². The minimum atomic E-state index is -0.337. The van der Waals surface area contributed by atoms with Crippen LogP contribution < -0.4 is 4.72 Å². The summed E-state index contributed by atoms with van der Waals surface area (Å²) in [5.74, 6) is 0. The van der Waals surface area contributed by atoms with Gasteiger partial charge in [0.15, 0.2) is 0 Å². The number of nitro groups is 1. The first-order valence-corrected chi connectivity index (χ1v) is 5.09. The van der Waals surface area contributed by atoms with Gasteiger partial charge in [-0.2, -0.15) is 0 Å². The van der Waals surface area contributed by atoms with Crippen LogP contribution in [-0.2, 0) is 0 Å². The van der Waals surface area contributed by atoms with Crippen LogP contribution >= 0.6 is 11.9 Å².